The van der Waals surface area contributed by atoms with Crippen molar-refractivity contribution in [2.45, 2.75) is 0 Å². The Morgan fingerprint density at radius 3 is 1.50 bits per heavy atom. The topological polar surface area (TPSA) is 0 Å². The van der Waals surface area contributed by atoms with Gasteiger partial charge in [-0.25, -0.2) is 0 Å². The fourth-order valence-electron chi connectivity index (χ4n) is 0.342. The molecule has 0 aliphatic heterocycles. The van der Waals surface area contributed by atoms with E-state index in [1.165, 1.54) is 0 Å². The zero-order valence-corrected chi connectivity index (χ0v) is 5.39. The van der Waals surface area contributed by atoms with Crippen LogP contribution in [0.1, 0.15) is 0 Å². The van der Waals surface area contributed by atoms with Crippen LogP contribution < -0.4 is 18.9 Å². The van der Waals surface area contributed by atoms with E-state index in [2.05, 4.69) is 6.07 Å². The summed E-state index contributed by atoms with van der Waals surface area (Å²) in [6, 6.07) is 12.5. The Morgan fingerprint density at radius 2 is 1.38 bits per heavy atom. The Kier molecular flexibility index (Phi) is 9.15. The number of rotatable bonds is 0. The number of hydrogen-bond acceptors (Lipinski definition) is 0. The molecular weight excluding hydrogens is 91.0 g/mol. The first-order chi connectivity index (χ1) is 3.00. The number of hydrogen-bond donors (Lipinski definition) is 0. The van der Waals surface area contributed by atoms with Gasteiger partial charge in [0.1, 0.15) is 0 Å². The summed E-state index contributed by atoms with van der Waals surface area (Å²) in [4.78, 5) is 0. The van der Waals surface area contributed by atoms with Crippen molar-refractivity contribution in [1.82, 2.24) is 0 Å². The standard InChI is InChI=1S/C6H5.CH3.Li/c1-2-4-6-5-3-1;;/h1-5H;1H3;/q2*-1;+1. The summed E-state index contributed by atoms with van der Waals surface area (Å²) in [5.41, 5.74) is 0. The summed E-state index contributed by atoms with van der Waals surface area (Å²) >= 11 is 0. The van der Waals surface area contributed by atoms with E-state index in [-0.39, 0.29) is 26.3 Å². The molecule has 0 N–H and O–H groups in total. The van der Waals surface area contributed by atoms with Crippen molar-refractivity contribution in [3.63, 3.8) is 0 Å². The molecule has 0 fully saturated rings. The molecule has 0 spiro atoms. The molecular formula is C7H8Li-. The van der Waals surface area contributed by atoms with Gasteiger partial charge in [0, 0.05) is 0 Å². The van der Waals surface area contributed by atoms with E-state index in [9.17, 15) is 0 Å². The maximum Gasteiger partial charge on any atom is 1.00 e. The molecule has 1 heteroatoms. The summed E-state index contributed by atoms with van der Waals surface area (Å²) in [6.07, 6.45) is 0. The minimum Gasteiger partial charge on any atom is -0.358 e. The first-order valence-electron chi connectivity index (χ1n) is 1.91. The third-order valence-electron chi connectivity index (χ3n) is 0.607. The fraction of sp³-hybridized carbons (Fsp3) is 0. The van der Waals surface area contributed by atoms with Gasteiger partial charge in [0.05, 0.1) is 0 Å². The molecule has 0 saturated heterocycles. The van der Waals surface area contributed by atoms with Crippen LogP contribution in [0.5, 0.6) is 0 Å². The summed E-state index contributed by atoms with van der Waals surface area (Å²) in [7, 11) is 0. The fourth-order valence-corrected chi connectivity index (χ4v) is 0.342. The summed E-state index contributed by atoms with van der Waals surface area (Å²) < 4.78 is 0. The second-order valence-electron chi connectivity index (χ2n) is 1.08. The van der Waals surface area contributed by atoms with E-state index in [1.807, 2.05) is 30.3 Å². The molecule has 0 aromatic heterocycles. The van der Waals surface area contributed by atoms with Gasteiger partial charge in [0.2, 0.25) is 0 Å². The van der Waals surface area contributed by atoms with Crippen molar-refractivity contribution in [3.8, 4) is 0 Å². The normalized spacial score (nSPS) is 6.00. The van der Waals surface area contributed by atoms with Gasteiger partial charge in [-0.15, -0.1) is 0 Å². The van der Waals surface area contributed by atoms with Gasteiger partial charge in [0.15, 0.2) is 0 Å². The molecule has 0 aliphatic carbocycles. The van der Waals surface area contributed by atoms with E-state index in [0.717, 1.165) is 0 Å². The Balaban J connectivity index is 0. The Morgan fingerprint density at radius 1 is 0.875 bits per heavy atom. The van der Waals surface area contributed by atoms with E-state index in [0.29, 0.717) is 0 Å². The summed E-state index contributed by atoms with van der Waals surface area (Å²) in [5, 5.41) is 0. The van der Waals surface area contributed by atoms with Crippen LogP contribution in [-0.2, 0) is 0 Å². The van der Waals surface area contributed by atoms with E-state index >= 15 is 0 Å². The average Bonchev–Trinajstić information content (AvgIpc) is 1.72. The zero-order valence-electron chi connectivity index (χ0n) is 5.39. The predicted octanol–water partition coefficient (Wildman–Crippen LogP) is -1.06. The first-order valence-corrected chi connectivity index (χ1v) is 1.91. The van der Waals surface area contributed by atoms with Crippen molar-refractivity contribution in [1.29, 1.82) is 0 Å². The quantitative estimate of drug-likeness (QED) is 0.287. The molecule has 0 radical (unpaired) electrons. The van der Waals surface area contributed by atoms with Crippen LogP contribution in [0.4, 0.5) is 0 Å². The third-order valence-corrected chi connectivity index (χ3v) is 0.607. The SMILES string of the molecule is [CH3-].[Li+].[c-]1ccccc1. The molecule has 0 bridgehead atoms. The first kappa shape index (κ1) is 10.7. The molecule has 38 valence electrons. The van der Waals surface area contributed by atoms with Crippen LogP contribution in [0.3, 0.4) is 0 Å². The van der Waals surface area contributed by atoms with Gasteiger partial charge in [-0.05, 0) is 0 Å². The van der Waals surface area contributed by atoms with Crippen molar-refractivity contribution in [2.24, 2.45) is 0 Å². The van der Waals surface area contributed by atoms with E-state index in [4.69, 9.17) is 0 Å². The van der Waals surface area contributed by atoms with Gasteiger partial charge >= 0.3 is 18.9 Å². The van der Waals surface area contributed by atoms with Gasteiger partial charge in [-0.1, -0.05) is 0 Å². The van der Waals surface area contributed by atoms with Crippen LogP contribution >= 0.6 is 0 Å². The van der Waals surface area contributed by atoms with Crippen LogP contribution in [-0.4, -0.2) is 0 Å². The van der Waals surface area contributed by atoms with E-state index < -0.39 is 0 Å². The van der Waals surface area contributed by atoms with Gasteiger partial charge < -0.3 is 7.43 Å². The van der Waals surface area contributed by atoms with Crippen molar-refractivity contribution >= 4 is 0 Å². The van der Waals surface area contributed by atoms with Gasteiger partial charge in [-0.3, -0.25) is 0 Å². The summed E-state index contributed by atoms with van der Waals surface area (Å²) in [5.74, 6) is 0. The Labute approximate surface area is 63.1 Å². The summed E-state index contributed by atoms with van der Waals surface area (Å²) in [6.45, 7) is 0. The van der Waals surface area contributed by atoms with Crippen LogP contribution in [0, 0.1) is 13.5 Å². The Hall–Kier alpha value is -0.183. The molecule has 1 aromatic carbocycles. The molecule has 0 amide bonds. The molecule has 0 saturated carbocycles. The van der Waals surface area contributed by atoms with Crippen molar-refractivity contribution < 1.29 is 18.9 Å². The maximum absolute atomic E-state index is 2.89. The van der Waals surface area contributed by atoms with Crippen LogP contribution in [0.15, 0.2) is 30.3 Å². The second kappa shape index (κ2) is 6.82. The molecule has 1 rings (SSSR count). The molecule has 0 atom stereocenters. The largest absolute Gasteiger partial charge is 1.00 e. The third kappa shape index (κ3) is 3.99. The molecule has 0 aliphatic rings. The molecule has 1 aromatic rings. The average molecular weight is 99.1 g/mol. The Bertz CT molecular complexity index is 76.3. The minimum absolute atomic E-state index is 0. The molecule has 0 nitrogen and oxygen atoms in total. The molecule has 0 heterocycles. The van der Waals surface area contributed by atoms with Crippen molar-refractivity contribution in [2.75, 3.05) is 0 Å². The van der Waals surface area contributed by atoms with Crippen LogP contribution in [0.25, 0.3) is 0 Å². The number of benzene rings is 1. The molecule has 0 unspecified atom stereocenters. The zero-order chi connectivity index (χ0) is 4.24. The monoisotopic (exact) mass is 99.1 g/mol. The minimum atomic E-state index is 0. The molecule has 8 heavy (non-hydrogen) atoms. The van der Waals surface area contributed by atoms with Gasteiger partial charge in [0.25, 0.3) is 0 Å². The van der Waals surface area contributed by atoms with Crippen molar-refractivity contribution in [3.05, 3.63) is 43.8 Å². The second-order valence-corrected chi connectivity index (χ2v) is 1.08. The van der Waals surface area contributed by atoms with E-state index in [1.54, 1.807) is 0 Å². The maximum atomic E-state index is 2.89. The smallest absolute Gasteiger partial charge is 0.358 e. The van der Waals surface area contributed by atoms with Gasteiger partial charge in [-0.2, -0.15) is 36.4 Å². The predicted molar refractivity (Wildman–Crippen MR) is 31.7 cm³/mol. The van der Waals surface area contributed by atoms with Crippen LogP contribution in [0.2, 0.25) is 0 Å².